The van der Waals surface area contributed by atoms with Gasteiger partial charge in [-0.05, 0) is 49.8 Å². The van der Waals surface area contributed by atoms with Gasteiger partial charge in [-0.1, -0.05) is 17.7 Å². The normalized spacial score (nSPS) is 24.3. The number of aryl methyl sites for hydroxylation is 1. The molecule has 4 atom stereocenters. The maximum Gasteiger partial charge on any atom is 0.415 e. The van der Waals surface area contributed by atoms with Gasteiger partial charge in [-0.2, -0.15) is 0 Å². The van der Waals surface area contributed by atoms with Gasteiger partial charge in [0.05, 0.1) is 12.9 Å². The number of benzene rings is 1. The first-order chi connectivity index (χ1) is 18.3. The zero-order chi connectivity index (χ0) is 26.8. The van der Waals surface area contributed by atoms with Crippen LogP contribution in [0.4, 0.5) is 10.6 Å². The summed E-state index contributed by atoms with van der Waals surface area (Å²) in [6.45, 7) is 0.831. The van der Waals surface area contributed by atoms with E-state index in [4.69, 9.17) is 26.8 Å². The topological polar surface area (TPSA) is 169 Å². The van der Waals surface area contributed by atoms with Crippen molar-refractivity contribution in [3.05, 3.63) is 41.4 Å². The lowest BCUT2D eigenvalue weighted by Crippen LogP contribution is -2.40. The zero-order valence-electron chi connectivity index (χ0n) is 20.7. The highest BCUT2D eigenvalue weighted by atomic mass is 35.5. The van der Waals surface area contributed by atoms with Crippen LogP contribution in [-0.4, -0.2) is 83.8 Å². The Labute approximate surface area is 224 Å². The van der Waals surface area contributed by atoms with Gasteiger partial charge in [0, 0.05) is 24.5 Å². The number of aliphatic hydroxyl groups excluding tert-OH is 3. The Balaban J connectivity index is 1.15. The number of likely N-dealkylation sites (tertiary alicyclic amines) is 1. The second-order valence-electron chi connectivity index (χ2n) is 9.73. The van der Waals surface area contributed by atoms with Crippen LogP contribution in [0.3, 0.4) is 0 Å². The number of hydrogen-bond donors (Lipinski definition) is 4. The summed E-state index contributed by atoms with van der Waals surface area (Å²) in [5.74, 6) is 1.67. The number of hydrogen-bond acceptors (Lipinski definition) is 10. The first kappa shape index (κ1) is 26.6. The molecule has 204 valence electrons. The number of nitrogen functional groups attached to an aromatic ring is 1. The van der Waals surface area contributed by atoms with Crippen LogP contribution in [0.15, 0.2) is 30.6 Å². The third-order valence-corrected chi connectivity index (χ3v) is 7.41. The number of imidazole rings is 1. The second kappa shape index (κ2) is 11.4. The molecule has 0 saturated carbocycles. The van der Waals surface area contributed by atoms with Crippen molar-refractivity contribution in [2.24, 2.45) is 5.92 Å². The smallest absolute Gasteiger partial charge is 0.410 e. The van der Waals surface area contributed by atoms with Crippen molar-refractivity contribution in [2.75, 3.05) is 25.4 Å². The van der Waals surface area contributed by atoms with Gasteiger partial charge in [-0.15, -0.1) is 0 Å². The Hall–Kier alpha value is -3.03. The van der Waals surface area contributed by atoms with Crippen LogP contribution in [0.2, 0.25) is 5.02 Å². The van der Waals surface area contributed by atoms with Gasteiger partial charge in [0.15, 0.2) is 17.7 Å². The van der Waals surface area contributed by atoms with Crippen LogP contribution in [-0.2, 0) is 11.2 Å². The van der Waals surface area contributed by atoms with Gasteiger partial charge < -0.3 is 35.4 Å². The maximum absolute atomic E-state index is 12.5. The number of ether oxygens (including phenoxy) is 2. The van der Waals surface area contributed by atoms with Crippen LogP contribution < -0.4 is 10.5 Å². The summed E-state index contributed by atoms with van der Waals surface area (Å²) in [6, 6.07) is 6.78. The Morgan fingerprint density at radius 1 is 1.21 bits per heavy atom. The summed E-state index contributed by atoms with van der Waals surface area (Å²) in [5.41, 5.74) is 6.91. The van der Waals surface area contributed by atoms with E-state index < -0.39 is 31.1 Å². The number of rotatable bonds is 7. The summed E-state index contributed by atoms with van der Waals surface area (Å²) in [5, 5.41) is 30.4. The fourth-order valence-corrected chi connectivity index (χ4v) is 5.22. The standard InChI is InChI=1S/C25H31ClN6O6/c26-15-4-2-5-16(11-15)37-25(36)31-9-7-14(8-10-31)3-1-6-18-29-22(27)19-23(30-18)32(13-28-19)24-21(35)20(34)17(12-33)38-24/h2,4-5,11,13-14,17,20-21,24,33-35H,1,3,6-10,12H2,(H2,27,29,30)/t17-,20-,21-,24-/m1/s1. The Kier molecular flexibility index (Phi) is 7.96. The molecule has 3 aromatic rings. The number of fused-ring (bicyclic) bond motifs is 1. The average molecular weight is 547 g/mol. The Morgan fingerprint density at radius 2 is 2.00 bits per heavy atom. The van der Waals surface area contributed by atoms with E-state index >= 15 is 0 Å². The molecule has 0 spiro atoms. The number of halogens is 1. The van der Waals surface area contributed by atoms with Crippen molar-refractivity contribution in [2.45, 2.75) is 56.6 Å². The number of aromatic nitrogens is 4. The van der Waals surface area contributed by atoms with E-state index in [1.807, 2.05) is 0 Å². The van der Waals surface area contributed by atoms with Crippen molar-refractivity contribution < 1.29 is 29.6 Å². The van der Waals surface area contributed by atoms with Crippen molar-refractivity contribution in [3.63, 3.8) is 0 Å². The first-order valence-electron chi connectivity index (χ1n) is 12.7. The lowest BCUT2D eigenvalue weighted by molar-refractivity contribution is -0.0511. The number of aliphatic hydroxyl groups is 3. The van der Waals surface area contributed by atoms with Gasteiger partial charge in [0.2, 0.25) is 0 Å². The lowest BCUT2D eigenvalue weighted by atomic mass is 9.91. The molecule has 4 heterocycles. The molecule has 0 bridgehead atoms. The highest BCUT2D eigenvalue weighted by molar-refractivity contribution is 6.30. The van der Waals surface area contributed by atoms with Crippen molar-refractivity contribution in [3.8, 4) is 5.75 Å². The molecule has 1 aromatic carbocycles. The molecule has 1 amide bonds. The molecular formula is C25H31ClN6O6. The van der Waals surface area contributed by atoms with E-state index in [2.05, 4.69) is 15.0 Å². The van der Waals surface area contributed by atoms with Gasteiger partial charge in [0.1, 0.15) is 35.4 Å². The molecule has 2 aliphatic heterocycles. The molecule has 12 nitrogen and oxygen atoms in total. The lowest BCUT2D eigenvalue weighted by Gasteiger charge is -2.31. The Bertz CT molecular complexity index is 1280. The molecular weight excluding hydrogens is 516 g/mol. The van der Waals surface area contributed by atoms with Crippen molar-refractivity contribution >= 4 is 34.7 Å². The summed E-state index contributed by atoms with van der Waals surface area (Å²) in [7, 11) is 0. The average Bonchev–Trinajstić information content (AvgIpc) is 3.45. The highest BCUT2D eigenvalue weighted by Crippen LogP contribution is 2.32. The summed E-state index contributed by atoms with van der Waals surface area (Å²) in [6.07, 6.45) is 0.870. The van der Waals surface area contributed by atoms with Gasteiger partial charge in [-0.3, -0.25) is 4.57 Å². The van der Waals surface area contributed by atoms with E-state index in [1.165, 1.54) is 10.9 Å². The predicted octanol–water partition coefficient (Wildman–Crippen LogP) is 1.91. The third kappa shape index (κ3) is 5.54. The highest BCUT2D eigenvalue weighted by Gasteiger charge is 2.44. The fourth-order valence-electron chi connectivity index (χ4n) is 5.04. The largest absolute Gasteiger partial charge is 0.415 e. The van der Waals surface area contributed by atoms with Crippen molar-refractivity contribution in [1.29, 1.82) is 0 Å². The molecule has 0 radical (unpaired) electrons. The number of nitrogens with two attached hydrogens (primary N) is 1. The molecule has 5 rings (SSSR count). The molecule has 0 aliphatic carbocycles. The molecule has 13 heteroatoms. The monoisotopic (exact) mass is 546 g/mol. The van der Waals surface area contributed by atoms with Gasteiger partial charge >= 0.3 is 6.09 Å². The van der Waals surface area contributed by atoms with Crippen LogP contribution >= 0.6 is 11.6 Å². The number of nitrogens with zero attached hydrogens (tertiary/aromatic N) is 5. The summed E-state index contributed by atoms with van der Waals surface area (Å²) in [4.78, 5) is 27.4. The number of amides is 1. The molecule has 38 heavy (non-hydrogen) atoms. The number of carbonyl (C=O) groups is 1. The van der Waals surface area contributed by atoms with E-state index in [1.54, 1.807) is 29.2 Å². The quantitative estimate of drug-likeness (QED) is 0.343. The summed E-state index contributed by atoms with van der Waals surface area (Å²) >= 11 is 5.96. The van der Waals surface area contributed by atoms with Gasteiger partial charge in [0.25, 0.3) is 0 Å². The molecule has 2 aliphatic rings. The van der Waals surface area contributed by atoms with E-state index in [0.29, 0.717) is 53.2 Å². The fraction of sp³-hybridized carbons (Fsp3) is 0.520. The number of anilines is 1. The molecule has 5 N–H and O–H groups in total. The third-order valence-electron chi connectivity index (χ3n) is 7.17. The van der Waals surface area contributed by atoms with Crippen molar-refractivity contribution in [1.82, 2.24) is 24.4 Å². The maximum atomic E-state index is 12.5. The zero-order valence-corrected chi connectivity index (χ0v) is 21.4. The van der Waals surface area contributed by atoms with E-state index in [9.17, 15) is 20.1 Å². The van der Waals surface area contributed by atoms with E-state index in [0.717, 1.165) is 25.7 Å². The molecule has 2 fully saturated rings. The first-order valence-corrected chi connectivity index (χ1v) is 13.1. The molecule has 2 aromatic heterocycles. The van der Waals surface area contributed by atoms with Crippen LogP contribution in [0.5, 0.6) is 5.75 Å². The summed E-state index contributed by atoms with van der Waals surface area (Å²) < 4.78 is 12.6. The minimum Gasteiger partial charge on any atom is -0.410 e. The predicted molar refractivity (Wildman–Crippen MR) is 137 cm³/mol. The molecule has 2 saturated heterocycles. The van der Waals surface area contributed by atoms with Crippen LogP contribution in [0.1, 0.15) is 37.7 Å². The number of piperidine rings is 1. The molecule has 0 unspecified atom stereocenters. The SMILES string of the molecule is Nc1nc(CCCC2CCN(C(=O)Oc3cccc(Cl)c3)CC2)nc2c1ncn2[C@@H]1O[C@H](CO)[C@@H](O)[C@H]1O. The Morgan fingerprint density at radius 3 is 2.71 bits per heavy atom. The van der Waals surface area contributed by atoms with Gasteiger partial charge in [-0.25, -0.2) is 19.7 Å². The van der Waals surface area contributed by atoms with Crippen LogP contribution in [0, 0.1) is 5.92 Å². The van der Waals surface area contributed by atoms with Crippen LogP contribution in [0.25, 0.3) is 11.2 Å². The second-order valence-corrected chi connectivity index (χ2v) is 10.2. The minimum atomic E-state index is -1.25. The van der Waals surface area contributed by atoms with E-state index in [-0.39, 0.29) is 11.9 Å². The minimum absolute atomic E-state index is 0.224. The number of carbonyl (C=O) groups excluding carboxylic acids is 1.